The number of aromatic nitrogens is 2. The summed E-state index contributed by atoms with van der Waals surface area (Å²) in [5, 5.41) is 22.5. The lowest BCUT2D eigenvalue weighted by Gasteiger charge is -2.14. The first kappa shape index (κ1) is 10.1. The molecule has 2 atom stereocenters. The van der Waals surface area contributed by atoms with E-state index in [4.69, 9.17) is 0 Å². The quantitative estimate of drug-likeness (QED) is 0.620. The van der Waals surface area contributed by atoms with Gasteiger partial charge in [-0.2, -0.15) is 5.10 Å². The predicted octanol–water partition coefficient (Wildman–Crippen LogP) is -1.55. The van der Waals surface area contributed by atoms with Crippen LogP contribution in [-0.4, -0.2) is 56.1 Å². The van der Waals surface area contributed by atoms with Crippen LogP contribution < -0.4 is 0 Å². The van der Waals surface area contributed by atoms with Crippen molar-refractivity contribution in [3.05, 3.63) is 18.5 Å². The number of carbonyl (C=O) groups is 1. The minimum absolute atomic E-state index is 0.144. The zero-order valence-electron chi connectivity index (χ0n) is 8.15. The number of hydrogen-bond donors (Lipinski definition) is 2. The predicted molar refractivity (Wildman–Crippen MR) is 50.8 cm³/mol. The topological polar surface area (TPSA) is 78.6 Å². The maximum Gasteiger partial charge on any atom is 0.244 e. The van der Waals surface area contributed by atoms with Crippen molar-refractivity contribution in [3.8, 4) is 0 Å². The first-order chi connectivity index (χ1) is 7.16. The number of aliphatic hydroxyl groups excluding tert-OH is 2. The Morgan fingerprint density at radius 2 is 2.07 bits per heavy atom. The third-order valence-electron chi connectivity index (χ3n) is 2.47. The van der Waals surface area contributed by atoms with E-state index in [0.717, 1.165) is 0 Å². The van der Waals surface area contributed by atoms with Crippen molar-refractivity contribution in [1.29, 1.82) is 0 Å². The number of nitrogens with zero attached hydrogens (tertiary/aromatic N) is 3. The lowest BCUT2D eigenvalue weighted by molar-refractivity contribution is -0.131. The highest BCUT2D eigenvalue weighted by Crippen LogP contribution is 2.10. The molecule has 6 nitrogen and oxygen atoms in total. The molecule has 0 spiro atoms. The molecule has 0 aliphatic carbocycles. The van der Waals surface area contributed by atoms with Crippen LogP contribution in [0.5, 0.6) is 0 Å². The molecule has 0 saturated carbocycles. The number of β-amino-alcohol motifs (C(OH)–C–C–N with tert-alkyl or cyclic N) is 2. The van der Waals surface area contributed by atoms with Gasteiger partial charge in [0.15, 0.2) is 0 Å². The van der Waals surface area contributed by atoms with Gasteiger partial charge in [-0.05, 0) is 6.07 Å². The number of hydrogen-bond acceptors (Lipinski definition) is 4. The van der Waals surface area contributed by atoms with E-state index < -0.39 is 12.2 Å². The standard InChI is InChI=1S/C9H13N3O3/c13-7-4-11(5-8(7)14)9(15)6-12-3-1-2-10-12/h1-3,7-8,13-14H,4-6H2. The number of likely N-dealkylation sites (tertiary alicyclic amines) is 1. The van der Waals surface area contributed by atoms with E-state index in [1.807, 2.05) is 0 Å². The molecule has 15 heavy (non-hydrogen) atoms. The minimum Gasteiger partial charge on any atom is -0.388 e. The number of aliphatic hydroxyl groups is 2. The van der Waals surface area contributed by atoms with Crippen LogP contribution in [0, 0.1) is 0 Å². The molecule has 1 aromatic heterocycles. The lowest BCUT2D eigenvalue weighted by atomic mass is 10.3. The Morgan fingerprint density at radius 3 is 2.60 bits per heavy atom. The van der Waals surface area contributed by atoms with Crippen LogP contribution in [0.25, 0.3) is 0 Å². The highest BCUT2D eigenvalue weighted by atomic mass is 16.3. The fourth-order valence-electron chi connectivity index (χ4n) is 1.61. The fraction of sp³-hybridized carbons (Fsp3) is 0.556. The summed E-state index contributed by atoms with van der Waals surface area (Å²) in [6.07, 6.45) is 1.64. The third kappa shape index (κ3) is 2.16. The first-order valence-electron chi connectivity index (χ1n) is 4.78. The van der Waals surface area contributed by atoms with Gasteiger partial charge in [0.05, 0.1) is 12.2 Å². The average molecular weight is 211 g/mol. The van der Waals surface area contributed by atoms with Crippen molar-refractivity contribution >= 4 is 5.91 Å². The summed E-state index contributed by atoms with van der Waals surface area (Å²) in [6.45, 7) is 0.537. The molecule has 2 unspecified atom stereocenters. The molecule has 1 aliphatic rings. The molecule has 2 heterocycles. The Kier molecular flexibility index (Phi) is 2.70. The van der Waals surface area contributed by atoms with Gasteiger partial charge in [0.25, 0.3) is 0 Å². The van der Waals surface area contributed by atoms with Gasteiger partial charge in [-0.1, -0.05) is 0 Å². The van der Waals surface area contributed by atoms with Gasteiger partial charge >= 0.3 is 0 Å². The summed E-state index contributed by atoms with van der Waals surface area (Å²) >= 11 is 0. The Hall–Kier alpha value is -1.40. The van der Waals surface area contributed by atoms with E-state index in [-0.39, 0.29) is 25.5 Å². The second-order valence-corrected chi connectivity index (χ2v) is 3.64. The summed E-state index contributed by atoms with van der Waals surface area (Å²) in [4.78, 5) is 13.1. The summed E-state index contributed by atoms with van der Waals surface area (Å²) in [6, 6.07) is 1.74. The van der Waals surface area contributed by atoms with Crippen LogP contribution in [0.15, 0.2) is 18.5 Å². The van der Waals surface area contributed by atoms with Crippen molar-refractivity contribution < 1.29 is 15.0 Å². The van der Waals surface area contributed by atoms with Crippen molar-refractivity contribution in [2.75, 3.05) is 13.1 Å². The van der Waals surface area contributed by atoms with Crippen molar-refractivity contribution in [2.45, 2.75) is 18.8 Å². The SMILES string of the molecule is O=C(Cn1cccn1)N1CC(O)C(O)C1. The molecule has 1 aromatic rings. The molecule has 2 N–H and O–H groups in total. The second kappa shape index (κ2) is 4.00. The van der Waals surface area contributed by atoms with Crippen LogP contribution in [0.4, 0.5) is 0 Å². The maximum atomic E-state index is 11.6. The summed E-state index contributed by atoms with van der Waals surface area (Å²) < 4.78 is 1.51. The van der Waals surface area contributed by atoms with Crippen LogP contribution in [0.1, 0.15) is 0 Å². The van der Waals surface area contributed by atoms with Crippen molar-refractivity contribution in [2.24, 2.45) is 0 Å². The third-order valence-corrected chi connectivity index (χ3v) is 2.47. The second-order valence-electron chi connectivity index (χ2n) is 3.64. The molecule has 1 aliphatic heterocycles. The zero-order chi connectivity index (χ0) is 10.8. The molecule has 2 rings (SSSR count). The minimum atomic E-state index is -0.827. The van der Waals surface area contributed by atoms with E-state index >= 15 is 0 Å². The van der Waals surface area contributed by atoms with Gasteiger partial charge in [0, 0.05) is 25.5 Å². The summed E-state index contributed by atoms with van der Waals surface area (Å²) in [5.74, 6) is -0.144. The number of rotatable bonds is 2. The highest BCUT2D eigenvalue weighted by Gasteiger charge is 2.32. The molecule has 6 heteroatoms. The lowest BCUT2D eigenvalue weighted by Crippen LogP contribution is -2.33. The zero-order valence-corrected chi connectivity index (χ0v) is 8.15. The Morgan fingerprint density at radius 1 is 1.40 bits per heavy atom. The molecule has 0 aromatic carbocycles. The van der Waals surface area contributed by atoms with Gasteiger partial charge in [0.2, 0.25) is 5.91 Å². The number of carbonyl (C=O) groups excluding carboxylic acids is 1. The molecular formula is C9H13N3O3. The van der Waals surface area contributed by atoms with Crippen molar-refractivity contribution in [1.82, 2.24) is 14.7 Å². The van der Waals surface area contributed by atoms with E-state index in [0.29, 0.717) is 0 Å². The van der Waals surface area contributed by atoms with E-state index in [2.05, 4.69) is 5.10 Å². The fourth-order valence-corrected chi connectivity index (χ4v) is 1.61. The Bertz CT molecular complexity index is 328. The molecule has 1 saturated heterocycles. The molecule has 82 valence electrons. The van der Waals surface area contributed by atoms with E-state index in [9.17, 15) is 15.0 Å². The summed E-state index contributed by atoms with van der Waals surface area (Å²) in [5.41, 5.74) is 0. The smallest absolute Gasteiger partial charge is 0.244 e. The first-order valence-corrected chi connectivity index (χ1v) is 4.78. The largest absolute Gasteiger partial charge is 0.388 e. The molecule has 0 bridgehead atoms. The molecule has 0 radical (unpaired) electrons. The molecular weight excluding hydrogens is 198 g/mol. The highest BCUT2D eigenvalue weighted by molar-refractivity contribution is 5.76. The van der Waals surface area contributed by atoms with Gasteiger partial charge in [-0.25, -0.2) is 0 Å². The van der Waals surface area contributed by atoms with Gasteiger partial charge in [-0.3, -0.25) is 9.48 Å². The number of amides is 1. The maximum absolute atomic E-state index is 11.6. The van der Waals surface area contributed by atoms with Crippen LogP contribution in [0.2, 0.25) is 0 Å². The monoisotopic (exact) mass is 211 g/mol. The van der Waals surface area contributed by atoms with E-state index in [1.54, 1.807) is 18.5 Å². The van der Waals surface area contributed by atoms with Crippen LogP contribution in [-0.2, 0) is 11.3 Å². The molecule has 1 amide bonds. The van der Waals surface area contributed by atoms with Crippen molar-refractivity contribution in [3.63, 3.8) is 0 Å². The van der Waals surface area contributed by atoms with Gasteiger partial charge in [-0.15, -0.1) is 0 Å². The molecule has 1 fully saturated rings. The van der Waals surface area contributed by atoms with Gasteiger partial charge < -0.3 is 15.1 Å². The average Bonchev–Trinajstić information content (AvgIpc) is 2.78. The van der Waals surface area contributed by atoms with Crippen LogP contribution >= 0.6 is 0 Å². The Labute approximate surface area is 86.7 Å². The normalized spacial score (nSPS) is 25.9. The van der Waals surface area contributed by atoms with E-state index in [1.165, 1.54) is 9.58 Å². The summed E-state index contributed by atoms with van der Waals surface area (Å²) in [7, 11) is 0. The van der Waals surface area contributed by atoms with Crippen LogP contribution in [0.3, 0.4) is 0 Å². The van der Waals surface area contributed by atoms with Gasteiger partial charge in [0.1, 0.15) is 6.54 Å². The Balaban J connectivity index is 1.92.